The van der Waals surface area contributed by atoms with Gasteiger partial charge in [0.2, 0.25) is 0 Å². The van der Waals surface area contributed by atoms with Crippen LogP contribution >= 0.6 is 0 Å². The highest BCUT2D eigenvalue weighted by atomic mass is 16.3. The van der Waals surface area contributed by atoms with Crippen LogP contribution in [0.4, 0.5) is 0 Å². The summed E-state index contributed by atoms with van der Waals surface area (Å²) in [6.45, 7) is 1.15. The molecule has 0 saturated heterocycles. The maximum atomic E-state index is 8.42. The van der Waals surface area contributed by atoms with Crippen LogP contribution in [0.3, 0.4) is 0 Å². The molecule has 0 aliphatic rings. The molecule has 3 heteroatoms. The Balaban J connectivity index is 3.07. The first-order chi connectivity index (χ1) is 4.06. The summed E-state index contributed by atoms with van der Waals surface area (Å²) in [6, 6.07) is 0. The summed E-state index contributed by atoms with van der Waals surface area (Å²) >= 11 is 0. The average molecular weight is 133 g/mol. The van der Waals surface area contributed by atoms with Gasteiger partial charge in [0.25, 0.3) is 0 Å². The number of aliphatic hydroxyl groups excluding tert-OH is 1. The third-order valence-electron chi connectivity index (χ3n) is 0.921. The second-order valence-electron chi connectivity index (χ2n) is 3.00. The number of hydrogen-bond acceptors (Lipinski definition) is 2. The lowest BCUT2D eigenvalue weighted by molar-refractivity contribution is -0.915. The maximum Gasteiger partial charge on any atom is 0.0853 e. The van der Waals surface area contributed by atoms with Crippen LogP contribution in [0.15, 0.2) is 0 Å². The normalized spacial score (nSPS) is 12.0. The SMILES string of the molecule is C[N+](C)(C)NCCCO. The Morgan fingerprint density at radius 3 is 2.22 bits per heavy atom. The summed E-state index contributed by atoms with van der Waals surface area (Å²) in [4.78, 5) is 0. The molecule has 0 aromatic heterocycles. The van der Waals surface area contributed by atoms with Gasteiger partial charge in [0.05, 0.1) is 21.1 Å². The van der Waals surface area contributed by atoms with Crippen molar-refractivity contribution in [1.29, 1.82) is 0 Å². The molecule has 56 valence electrons. The highest BCUT2D eigenvalue weighted by molar-refractivity contribution is 4.32. The van der Waals surface area contributed by atoms with Crippen LogP contribution in [0.5, 0.6) is 0 Å². The van der Waals surface area contributed by atoms with E-state index in [4.69, 9.17) is 5.11 Å². The predicted octanol–water partition coefficient (Wildman–Crippen LogP) is -0.420. The Morgan fingerprint density at radius 1 is 1.33 bits per heavy atom. The third kappa shape index (κ3) is 7.88. The van der Waals surface area contributed by atoms with E-state index in [1.165, 1.54) is 0 Å². The number of nitrogens with one attached hydrogen (secondary N) is 1. The van der Waals surface area contributed by atoms with Crippen molar-refractivity contribution in [2.45, 2.75) is 6.42 Å². The van der Waals surface area contributed by atoms with Crippen LogP contribution in [0.2, 0.25) is 0 Å². The topological polar surface area (TPSA) is 32.3 Å². The van der Waals surface area contributed by atoms with Crippen LogP contribution in [-0.4, -0.2) is 44.0 Å². The van der Waals surface area contributed by atoms with E-state index >= 15 is 0 Å². The fourth-order valence-corrected chi connectivity index (χ4v) is 0.494. The van der Waals surface area contributed by atoms with Crippen LogP contribution in [0.1, 0.15) is 6.42 Å². The number of rotatable bonds is 4. The second kappa shape index (κ2) is 3.82. The first-order valence-corrected chi connectivity index (χ1v) is 3.24. The highest BCUT2D eigenvalue weighted by Crippen LogP contribution is 1.81. The Hall–Kier alpha value is -0.120. The predicted molar refractivity (Wildman–Crippen MR) is 37.7 cm³/mol. The fraction of sp³-hybridized carbons (Fsp3) is 1.00. The Kier molecular flexibility index (Phi) is 3.77. The second-order valence-corrected chi connectivity index (χ2v) is 3.00. The summed E-state index contributed by atoms with van der Waals surface area (Å²) in [7, 11) is 6.16. The van der Waals surface area contributed by atoms with Crippen molar-refractivity contribution in [1.82, 2.24) is 5.43 Å². The van der Waals surface area contributed by atoms with E-state index in [1.807, 2.05) is 0 Å². The van der Waals surface area contributed by atoms with Gasteiger partial charge >= 0.3 is 0 Å². The molecule has 0 saturated carbocycles. The van der Waals surface area contributed by atoms with Crippen LogP contribution in [0.25, 0.3) is 0 Å². The molecule has 2 N–H and O–H groups in total. The van der Waals surface area contributed by atoms with E-state index < -0.39 is 0 Å². The van der Waals surface area contributed by atoms with Crippen molar-refractivity contribution in [2.75, 3.05) is 34.3 Å². The van der Waals surface area contributed by atoms with Crippen LogP contribution in [-0.2, 0) is 0 Å². The molecule has 0 amide bonds. The first-order valence-electron chi connectivity index (χ1n) is 3.24. The standard InChI is InChI=1S/C6H17N2O/c1-8(2,3)7-5-4-6-9/h7,9H,4-6H2,1-3H3/q+1. The quantitative estimate of drug-likeness (QED) is 0.310. The Bertz CT molecular complexity index is 67.9. The molecule has 0 aromatic rings. The molecule has 0 bridgehead atoms. The minimum absolute atomic E-state index is 0.271. The fourth-order valence-electron chi connectivity index (χ4n) is 0.494. The van der Waals surface area contributed by atoms with Crippen molar-refractivity contribution in [3.05, 3.63) is 0 Å². The van der Waals surface area contributed by atoms with Gasteiger partial charge in [0.1, 0.15) is 0 Å². The van der Waals surface area contributed by atoms with Crippen molar-refractivity contribution >= 4 is 0 Å². The summed E-state index contributed by atoms with van der Waals surface area (Å²) in [5.74, 6) is 0. The zero-order valence-electron chi connectivity index (χ0n) is 6.52. The Morgan fingerprint density at radius 2 is 1.89 bits per heavy atom. The lowest BCUT2D eigenvalue weighted by Gasteiger charge is -2.23. The largest absolute Gasteiger partial charge is 0.396 e. The molecule has 0 radical (unpaired) electrons. The number of hydrogen-bond donors (Lipinski definition) is 2. The minimum Gasteiger partial charge on any atom is -0.396 e. The van der Waals surface area contributed by atoms with Crippen LogP contribution < -0.4 is 5.43 Å². The summed E-state index contributed by atoms with van der Waals surface area (Å²) in [6.07, 6.45) is 0.829. The maximum absolute atomic E-state index is 8.42. The molecule has 0 aromatic carbocycles. The molecule has 0 atom stereocenters. The van der Waals surface area contributed by atoms with Gasteiger partial charge in [-0.1, -0.05) is 0 Å². The van der Waals surface area contributed by atoms with Gasteiger partial charge in [0.15, 0.2) is 0 Å². The smallest absolute Gasteiger partial charge is 0.0853 e. The van der Waals surface area contributed by atoms with Crippen molar-refractivity contribution < 1.29 is 9.70 Å². The Labute approximate surface area is 56.8 Å². The van der Waals surface area contributed by atoms with Crippen LogP contribution in [0, 0.1) is 0 Å². The average Bonchev–Trinajstić information content (AvgIpc) is 1.63. The number of nitrogens with zero attached hydrogens (tertiary/aromatic N) is 1. The van der Waals surface area contributed by atoms with E-state index in [0.717, 1.165) is 17.6 Å². The van der Waals surface area contributed by atoms with Gasteiger partial charge in [-0.3, -0.25) is 4.59 Å². The summed E-state index contributed by atoms with van der Waals surface area (Å²) in [5.41, 5.74) is 3.20. The molecule has 0 unspecified atom stereocenters. The molecule has 9 heavy (non-hydrogen) atoms. The van der Waals surface area contributed by atoms with Crippen molar-refractivity contribution in [3.63, 3.8) is 0 Å². The van der Waals surface area contributed by atoms with E-state index in [9.17, 15) is 0 Å². The molecular formula is C6H17N2O+. The lowest BCUT2D eigenvalue weighted by Crippen LogP contribution is -2.48. The van der Waals surface area contributed by atoms with Gasteiger partial charge in [-0.15, -0.1) is 0 Å². The van der Waals surface area contributed by atoms with Crippen molar-refractivity contribution in [3.8, 4) is 0 Å². The molecule has 3 nitrogen and oxygen atoms in total. The summed E-state index contributed by atoms with van der Waals surface area (Å²) in [5, 5.41) is 8.42. The minimum atomic E-state index is 0.271. The van der Waals surface area contributed by atoms with E-state index in [1.54, 1.807) is 0 Å². The van der Waals surface area contributed by atoms with Gasteiger partial charge < -0.3 is 5.11 Å². The van der Waals surface area contributed by atoms with Gasteiger partial charge in [0, 0.05) is 13.2 Å². The third-order valence-corrected chi connectivity index (χ3v) is 0.921. The van der Waals surface area contributed by atoms with E-state index in [0.29, 0.717) is 0 Å². The number of quaternary nitrogens is 1. The van der Waals surface area contributed by atoms with Gasteiger partial charge in [-0.25, -0.2) is 0 Å². The molecule has 0 fully saturated rings. The van der Waals surface area contributed by atoms with E-state index in [-0.39, 0.29) is 6.61 Å². The monoisotopic (exact) mass is 133 g/mol. The molecule has 0 spiro atoms. The zero-order valence-corrected chi connectivity index (χ0v) is 6.52. The summed E-state index contributed by atoms with van der Waals surface area (Å²) < 4.78 is 0.750. The number of aliphatic hydroxyl groups is 1. The highest BCUT2D eigenvalue weighted by Gasteiger charge is 2.02. The lowest BCUT2D eigenvalue weighted by atomic mass is 10.5. The van der Waals surface area contributed by atoms with Gasteiger partial charge in [-0.2, -0.15) is 5.43 Å². The molecule has 0 heterocycles. The molecule has 0 rings (SSSR count). The van der Waals surface area contributed by atoms with Gasteiger partial charge in [-0.05, 0) is 6.42 Å². The zero-order chi connectivity index (χ0) is 7.33. The first kappa shape index (κ1) is 8.88. The molecule has 0 aliphatic carbocycles. The molecule has 0 aliphatic heterocycles. The van der Waals surface area contributed by atoms with E-state index in [2.05, 4.69) is 26.6 Å². The molecular weight excluding hydrogens is 116 g/mol. The van der Waals surface area contributed by atoms with Crippen molar-refractivity contribution in [2.24, 2.45) is 0 Å².